The molecule has 0 aliphatic heterocycles. The first-order valence-corrected chi connectivity index (χ1v) is 9.02. The standard InChI is InChI=1S/C19H30O2/c1-18-9-7-13(20)11-12(18)3-4-14-15-5-6-17(21)19(15,2)10-8-16(14)18/h11,13-17,20-21H,3-10H2,1-2H3/t13-,14-,15+,16+,17+,18+,19+/m1/s1. The maximum atomic E-state index is 10.5. The molecule has 0 unspecified atom stereocenters. The maximum absolute atomic E-state index is 10.5. The summed E-state index contributed by atoms with van der Waals surface area (Å²) in [6.07, 6.45) is 11.2. The van der Waals surface area contributed by atoms with E-state index >= 15 is 0 Å². The Morgan fingerprint density at radius 1 is 0.952 bits per heavy atom. The quantitative estimate of drug-likeness (QED) is 0.668. The zero-order valence-corrected chi connectivity index (χ0v) is 13.5. The molecule has 3 fully saturated rings. The number of aliphatic hydroxyl groups excluding tert-OH is 2. The van der Waals surface area contributed by atoms with Gasteiger partial charge in [-0.05, 0) is 80.0 Å². The molecule has 118 valence electrons. The van der Waals surface area contributed by atoms with Gasteiger partial charge in [0.25, 0.3) is 0 Å². The molecule has 4 rings (SSSR count). The lowest BCUT2D eigenvalue weighted by Crippen LogP contribution is -2.51. The third-order valence-electron chi connectivity index (χ3n) is 8.04. The second-order valence-corrected chi connectivity index (χ2v) is 8.77. The molecule has 2 heteroatoms. The summed E-state index contributed by atoms with van der Waals surface area (Å²) < 4.78 is 0. The van der Waals surface area contributed by atoms with Crippen molar-refractivity contribution < 1.29 is 10.2 Å². The lowest BCUT2D eigenvalue weighted by molar-refractivity contribution is -0.0761. The van der Waals surface area contributed by atoms with Crippen LogP contribution in [0, 0.1) is 28.6 Å². The smallest absolute Gasteiger partial charge is 0.0724 e. The molecule has 2 nitrogen and oxygen atoms in total. The molecule has 0 aromatic heterocycles. The molecule has 0 bridgehead atoms. The van der Waals surface area contributed by atoms with Crippen molar-refractivity contribution in [2.45, 2.75) is 77.4 Å². The Hall–Kier alpha value is -0.340. The van der Waals surface area contributed by atoms with Crippen LogP contribution >= 0.6 is 0 Å². The van der Waals surface area contributed by atoms with Crippen molar-refractivity contribution in [2.75, 3.05) is 0 Å². The monoisotopic (exact) mass is 290 g/mol. The van der Waals surface area contributed by atoms with Gasteiger partial charge in [-0.3, -0.25) is 0 Å². The first kappa shape index (κ1) is 14.3. The maximum Gasteiger partial charge on any atom is 0.0724 e. The van der Waals surface area contributed by atoms with Crippen LogP contribution in [-0.2, 0) is 0 Å². The third-order valence-corrected chi connectivity index (χ3v) is 8.04. The van der Waals surface area contributed by atoms with Gasteiger partial charge in [-0.25, -0.2) is 0 Å². The Kier molecular flexibility index (Phi) is 3.11. The summed E-state index contributed by atoms with van der Waals surface area (Å²) in [7, 11) is 0. The number of aliphatic hydroxyl groups is 2. The van der Waals surface area contributed by atoms with Gasteiger partial charge >= 0.3 is 0 Å². The van der Waals surface area contributed by atoms with Crippen LogP contribution in [0.15, 0.2) is 11.6 Å². The number of allylic oxidation sites excluding steroid dienone is 1. The Morgan fingerprint density at radius 2 is 1.76 bits per heavy atom. The highest BCUT2D eigenvalue weighted by atomic mass is 16.3. The van der Waals surface area contributed by atoms with Crippen LogP contribution < -0.4 is 0 Å². The van der Waals surface area contributed by atoms with E-state index in [0.29, 0.717) is 5.41 Å². The molecule has 2 N–H and O–H groups in total. The van der Waals surface area contributed by atoms with E-state index in [1.54, 1.807) is 5.57 Å². The van der Waals surface area contributed by atoms with Crippen molar-refractivity contribution >= 4 is 0 Å². The van der Waals surface area contributed by atoms with Gasteiger partial charge in [-0.1, -0.05) is 25.5 Å². The third kappa shape index (κ3) is 1.84. The molecule has 4 aliphatic rings. The normalized spacial score (nSPS) is 56.2. The SMILES string of the molecule is C[C@]12CC[C@H]3[C@H](CCC4=C[C@H](O)CC[C@@]43C)[C@@H]1CC[C@@H]2O. The Bertz CT molecular complexity index is 470. The van der Waals surface area contributed by atoms with Gasteiger partial charge in [-0.2, -0.15) is 0 Å². The van der Waals surface area contributed by atoms with Crippen LogP contribution in [0.25, 0.3) is 0 Å². The zero-order chi connectivity index (χ0) is 14.8. The molecule has 4 aliphatic carbocycles. The van der Waals surface area contributed by atoms with Crippen LogP contribution in [0.1, 0.15) is 65.2 Å². The van der Waals surface area contributed by atoms with Gasteiger partial charge in [0.2, 0.25) is 0 Å². The van der Waals surface area contributed by atoms with Crippen molar-refractivity contribution in [3.05, 3.63) is 11.6 Å². The van der Waals surface area contributed by atoms with Crippen molar-refractivity contribution in [1.82, 2.24) is 0 Å². The van der Waals surface area contributed by atoms with Crippen LogP contribution in [0.4, 0.5) is 0 Å². The molecule has 3 saturated carbocycles. The Labute approximate surface area is 128 Å². The van der Waals surface area contributed by atoms with Gasteiger partial charge in [0.15, 0.2) is 0 Å². The van der Waals surface area contributed by atoms with Gasteiger partial charge < -0.3 is 10.2 Å². The van der Waals surface area contributed by atoms with E-state index in [1.807, 2.05) is 0 Å². The van der Waals surface area contributed by atoms with Crippen molar-refractivity contribution in [1.29, 1.82) is 0 Å². The van der Waals surface area contributed by atoms with Crippen LogP contribution in [0.2, 0.25) is 0 Å². The summed E-state index contributed by atoms with van der Waals surface area (Å²) in [5, 5.41) is 20.4. The fourth-order valence-corrected chi connectivity index (χ4v) is 6.68. The highest BCUT2D eigenvalue weighted by molar-refractivity contribution is 5.25. The molecule has 0 saturated heterocycles. The molecular weight excluding hydrogens is 260 g/mol. The van der Waals surface area contributed by atoms with E-state index in [9.17, 15) is 10.2 Å². The van der Waals surface area contributed by atoms with Crippen LogP contribution in [-0.4, -0.2) is 22.4 Å². The first-order valence-electron chi connectivity index (χ1n) is 9.02. The van der Waals surface area contributed by atoms with Crippen molar-refractivity contribution in [3.8, 4) is 0 Å². The minimum atomic E-state index is -0.202. The zero-order valence-electron chi connectivity index (χ0n) is 13.5. The fraction of sp³-hybridized carbons (Fsp3) is 0.895. The summed E-state index contributed by atoms with van der Waals surface area (Å²) in [4.78, 5) is 0. The number of fused-ring (bicyclic) bond motifs is 5. The second-order valence-electron chi connectivity index (χ2n) is 8.77. The van der Waals surface area contributed by atoms with E-state index in [1.165, 1.54) is 32.1 Å². The van der Waals surface area contributed by atoms with E-state index in [4.69, 9.17) is 0 Å². The highest BCUT2D eigenvalue weighted by Crippen LogP contribution is 2.65. The van der Waals surface area contributed by atoms with Gasteiger partial charge in [0.05, 0.1) is 12.2 Å². The minimum Gasteiger partial charge on any atom is -0.393 e. The summed E-state index contributed by atoms with van der Waals surface area (Å²) in [6, 6.07) is 0. The molecule has 0 heterocycles. The molecule has 0 amide bonds. The van der Waals surface area contributed by atoms with E-state index in [2.05, 4.69) is 19.9 Å². The highest BCUT2D eigenvalue weighted by Gasteiger charge is 2.58. The second kappa shape index (κ2) is 4.58. The minimum absolute atomic E-state index is 0.0682. The van der Waals surface area contributed by atoms with Crippen molar-refractivity contribution in [2.24, 2.45) is 28.6 Å². The number of rotatable bonds is 0. The summed E-state index contributed by atoms with van der Waals surface area (Å²) in [5.74, 6) is 2.32. The molecule has 7 atom stereocenters. The summed E-state index contributed by atoms with van der Waals surface area (Å²) in [5.41, 5.74) is 2.06. The lowest BCUT2D eigenvalue weighted by atomic mass is 9.47. The Balaban J connectivity index is 1.67. The predicted octanol–water partition coefficient (Wildman–Crippen LogP) is 3.67. The van der Waals surface area contributed by atoms with E-state index in [0.717, 1.165) is 37.0 Å². The molecule has 0 spiro atoms. The van der Waals surface area contributed by atoms with Gasteiger partial charge in [0, 0.05) is 0 Å². The topological polar surface area (TPSA) is 40.5 Å². The van der Waals surface area contributed by atoms with Crippen LogP contribution in [0.5, 0.6) is 0 Å². The number of hydrogen-bond acceptors (Lipinski definition) is 2. The number of hydrogen-bond donors (Lipinski definition) is 2. The van der Waals surface area contributed by atoms with Crippen molar-refractivity contribution in [3.63, 3.8) is 0 Å². The average molecular weight is 290 g/mol. The molecule has 0 aromatic carbocycles. The first-order chi connectivity index (χ1) is 9.95. The van der Waals surface area contributed by atoms with Gasteiger partial charge in [0.1, 0.15) is 0 Å². The predicted molar refractivity (Wildman–Crippen MR) is 83.7 cm³/mol. The molecule has 0 radical (unpaired) electrons. The van der Waals surface area contributed by atoms with Gasteiger partial charge in [-0.15, -0.1) is 0 Å². The van der Waals surface area contributed by atoms with Crippen LogP contribution in [0.3, 0.4) is 0 Å². The van der Waals surface area contributed by atoms with E-state index < -0.39 is 0 Å². The molecule has 0 aromatic rings. The summed E-state index contributed by atoms with van der Waals surface area (Å²) in [6.45, 7) is 4.82. The largest absolute Gasteiger partial charge is 0.393 e. The lowest BCUT2D eigenvalue weighted by Gasteiger charge is -2.58. The molecular formula is C19H30O2. The van der Waals surface area contributed by atoms with E-state index in [-0.39, 0.29) is 17.6 Å². The fourth-order valence-electron chi connectivity index (χ4n) is 6.68. The average Bonchev–Trinajstić information content (AvgIpc) is 2.76. The summed E-state index contributed by atoms with van der Waals surface area (Å²) >= 11 is 0. The molecule has 21 heavy (non-hydrogen) atoms. The Morgan fingerprint density at radius 3 is 2.57 bits per heavy atom.